The van der Waals surface area contributed by atoms with E-state index in [9.17, 15) is 29.2 Å². The average molecular weight is 584 g/mol. The second-order valence-corrected chi connectivity index (χ2v) is 10.1. The number of terminal acetylenes is 1. The molecule has 4 rings (SSSR count). The predicted octanol–water partition coefficient (Wildman–Crippen LogP) is 1.26. The van der Waals surface area contributed by atoms with E-state index in [1.807, 2.05) is 11.1 Å². The number of aromatic amines is 1. The molecule has 0 radical (unpaired) electrons. The maximum Gasteiger partial charge on any atom is 0.653 e. The van der Waals surface area contributed by atoms with Crippen LogP contribution >= 0.6 is 8.18 Å². The number of aromatic nitrogens is 2. The highest BCUT2D eigenvalue weighted by atomic mass is 31.1. The number of nitrogens with one attached hydrogen (secondary N) is 1. The van der Waals surface area contributed by atoms with E-state index in [0.717, 1.165) is 27.2 Å². The van der Waals surface area contributed by atoms with Crippen molar-refractivity contribution in [3.05, 3.63) is 99.3 Å². The molecule has 3 aromatic rings. The smallest absolute Gasteiger partial charge is 0.459 e. The highest BCUT2D eigenvalue weighted by Crippen LogP contribution is 2.40. The molecule has 3 N–H and O–H groups in total. The van der Waals surface area contributed by atoms with E-state index in [1.54, 1.807) is 54.6 Å². The maximum absolute atomic E-state index is 13.4. The number of aliphatic hydroxyl groups is 2. The summed E-state index contributed by atoms with van der Waals surface area (Å²) in [5, 5.41) is 21.4. The Morgan fingerprint density at radius 2 is 1.83 bits per heavy atom. The van der Waals surface area contributed by atoms with Crippen molar-refractivity contribution < 1.29 is 38.4 Å². The molecule has 14 heteroatoms. The molecule has 2 aromatic carbocycles. The largest absolute Gasteiger partial charge is 0.653 e. The summed E-state index contributed by atoms with van der Waals surface area (Å²) in [6, 6.07) is 16.9. The molecule has 1 aliphatic rings. The van der Waals surface area contributed by atoms with Crippen molar-refractivity contribution in [2.75, 3.05) is 6.61 Å². The lowest BCUT2D eigenvalue weighted by Gasteiger charge is -2.24. The molecular weight excluding hydrogens is 557 g/mol. The number of rotatable bonds is 11. The molecule has 214 valence electrons. The van der Waals surface area contributed by atoms with Gasteiger partial charge >= 0.3 is 19.8 Å². The van der Waals surface area contributed by atoms with Gasteiger partial charge in [-0.1, -0.05) is 54.5 Å². The van der Waals surface area contributed by atoms with Gasteiger partial charge in [-0.2, -0.15) is 0 Å². The zero-order chi connectivity index (χ0) is 29.6. The monoisotopic (exact) mass is 584 g/mol. The highest BCUT2D eigenvalue weighted by molar-refractivity contribution is 7.36. The van der Waals surface area contributed by atoms with Crippen LogP contribution in [0.3, 0.4) is 0 Å². The minimum absolute atomic E-state index is 0.0372. The van der Waals surface area contributed by atoms with Gasteiger partial charge in [-0.15, -0.1) is 10.9 Å². The van der Waals surface area contributed by atoms with Gasteiger partial charge < -0.3 is 24.5 Å². The van der Waals surface area contributed by atoms with Crippen LogP contribution in [0.4, 0.5) is 0 Å². The summed E-state index contributed by atoms with van der Waals surface area (Å²) in [5.74, 6) is 1.66. The zero-order valence-corrected chi connectivity index (χ0v) is 22.6. The quantitative estimate of drug-likeness (QED) is 0.128. The molecule has 0 saturated carbocycles. The van der Waals surface area contributed by atoms with E-state index in [0.29, 0.717) is 0 Å². The van der Waals surface area contributed by atoms with E-state index in [4.69, 9.17) is 25.3 Å². The van der Waals surface area contributed by atoms with Crippen LogP contribution in [0.25, 0.3) is 0 Å². The van der Waals surface area contributed by atoms with Gasteiger partial charge in [-0.3, -0.25) is 19.1 Å². The second kappa shape index (κ2) is 13.0. The fraction of sp³-hybridized carbons (Fsp3) is 0.296. The van der Waals surface area contributed by atoms with Crippen LogP contribution in [-0.2, 0) is 30.0 Å². The third kappa shape index (κ3) is 6.78. The number of nitrogens with zero attached hydrogens (tertiary/aromatic N) is 2. The first-order chi connectivity index (χ1) is 19.6. The first-order valence-electron chi connectivity index (χ1n) is 12.3. The van der Waals surface area contributed by atoms with Crippen LogP contribution in [-0.4, -0.2) is 61.0 Å². The standard InChI is InChI=1S/C27H26N3O10P/c1-3-27(23(33)22(32)24(39-27)29-15-14-21(31)28-26(29)35)17-38-41(36)30(40-20-12-8-5-9-13-20)18(2)25(34)37-16-19-10-6-4-7-11-19/h1,4-15,18,22-24,32-33H,16-17H2,2H3/p+1/t18?,22-,23+,24-,27-/m1/s1. The fourth-order valence-electron chi connectivity index (χ4n) is 3.91. The molecule has 2 heterocycles. The number of hydrogen-bond acceptors (Lipinski definition) is 10. The second-order valence-electron chi connectivity index (χ2n) is 8.98. The summed E-state index contributed by atoms with van der Waals surface area (Å²) < 4.78 is 30.7. The topological polar surface area (TPSA) is 170 Å². The molecule has 6 atom stereocenters. The Morgan fingerprint density at radius 1 is 1.17 bits per heavy atom. The number of esters is 1. The van der Waals surface area contributed by atoms with Gasteiger partial charge in [0.1, 0.15) is 30.3 Å². The fourth-order valence-corrected chi connectivity index (χ4v) is 4.86. The van der Waals surface area contributed by atoms with Crippen LogP contribution in [0.5, 0.6) is 5.75 Å². The number of aliphatic hydroxyl groups excluding tert-OH is 2. The maximum atomic E-state index is 13.4. The number of H-pyrrole nitrogens is 1. The van der Waals surface area contributed by atoms with E-state index in [1.165, 1.54) is 6.92 Å². The minimum Gasteiger partial charge on any atom is -0.459 e. The molecule has 1 aromatic heterocycles. The summed E-state index contributed by atoms with van der Waals surface area (Å²) in [6.45, 7) is 0.615. The number of ether oxygens (including phenoxy) is 2. The summed E-state index contributed by atoms with van der Waals surface area (Å²) in [5.41, 5.74) is -2.93. The molecule has 13 nitrogen and oxygen atoms in total. The van der Waals surface area contributed by atoms with Gasteiger partial charge in [0.25, 0.3) is 5.56 Å². The van der Waals surface area contributed by atoms with E-state index in [2.05, 4.69) is 5.92 Å². The zero-order valence-electron chi connectivity index (χ0n) is 21.7. The van der Waals surface area contributed by atoms with Crippen LogP contribution in [0.1, 0.15) is 18.7 Å². The van der Waals surface area contributed by atoms with Crippen LogP contribution < -0.4 is 16.1 Å². The van der Waals surface area contributed by atoms with Crippen molar-refractivity contribution >= 4 is 14.1 Å². The summed E-state index contributed by atoms with van der Waals surface area (Å²) in [4.78, 5) is 45.0. The number of carbonyl (C=O) groups excluding carboxylic acids is 1. The number of carbonyl (C=O) groups is 1. The molecule has 0 bridgehead atoms. The van der Waals surface area contributed by atoms with Crippen LogP contribution in [0, 0.1) is 12.3 Å². The molecule has 41 heavy (non-hydrogen) atoms. The van der Waals surface area contributed by atoms with Crippen LogP contribution in [0.15, 0.2) is 82.5 Å². The number of hydrogen-bond donors (Lipinski definition) is 3. The normalized spacial score (nSPS) is 23.0. The molecule has 2 unspecified atom stereocenters. The number of para-hydroxylation sites is 1. The number of hydroxylamine groups is 1. The van der Waals surface area contributed by atoms with E-state index < -0.39 is 62.1 Å². The minimum atomic E-state index is -2.99. The Bertz CT molecular complexity index is 1520. The first kappa shape index (κ1) is 29.8. The molecule has 0 spiro atoms. The molecule has 0 aliphatic carbocycles. The highest BCUT2D eigenvalue weighted by Gasteiger charge is 2.57. The van der Waals surface area contributed by atoms with Crippen molar-refractivity contribution in [2.24, 2.45) is 0 Å². The number of benzene rings is 2. The van der Waals surface area contributed by atoms with Crippen molar-refractivity contribution in [3.63, 3.8) is 0 Å². The third-order valence-corrected chi connectivity index (χ3v) is 7.28. The molecule has 1 aliphatic heterocycles. The van der Waals surface area contributed by atoms with Gasteiger partial charge in [0.15, 0.2) is 23.6 Å². The molecular formula is C27H27N3O10P+. The van der Waals surface area contributed by atoms with E-state index in [-0.39, 0.29) is 12.4 Å². The lowest BCUT2D eigenvalue weighted by atomic mass is 9.97. The predicted molar refractivity (Wildman–Crippen MR) is 143 cm³/mol. The summed E-state index contributed by atoms with van der Waals surface area (Å²) >= 11 is 0. The average Bonchev–Trinajstić information content (AvgIpc) is 3.23. The van der Waals surface area contributed by atoms with Crippen molar-refractivity contribution in [2.45, 2.75) is 43.6 Å². The Kier molecular flexibility index (Phi) is 9.46. The first-order valence-corrected chi connectivity index (χ1v) is 13.4. The third-order valence-electron chi connectivity index (χ3n) is 6.18. The Balaban J connectivity index is 1.51. The van der Waals surface area contributed by atoms with Gasteiger partial charge in [0, 0.05) is 12.3 Å². The molecule has 1 saturated heterocycles. The lowest BCUT2D eigenvalue weighted by molar-refractivity contribution is -0.156. The molecule has 0 amide bonds. The Morgan fingerprint density at radius 3 is 2.46 bits per heavy atom. The molecule has 1 fully saturated rings. The van der Waals surface area contributed by atoms with Crippen molar-refractivity contribution in [1.29, 1.82) is 0 Å². The summed E-state index contributed by atoms with van der Waals surface area (Å²) in [7, 11) is -2.99. The Labute approximate surface area is 234 Å². The Hall–Kier alpha value is -4.15. The van der Waals surface area contributed by atoms with Crippen molar-refractivity contribution in [1.82, 2.24) is 14.4 Å². The van der Waals surface area contributed by atoms with Gasteiger partial charge in [0.05, 0.1) is 0 Å². The lowest BCUT2D eigenvalue weighted by Crippen LogP contribution is -2.46. The summed E-state index contributed by atoms with van der Waals surface area (Å²) in [6.07, 6.45) is 1.67. The van der Waals surface area contributed by atoms with Gasteiger partial charge in [-0.05, 0) is 29.2 Å². The van der Waals surface area contributed by atoms with E-state index >= 15 is 0 Å². The van der Waals surface area contributed by atoms with Crippen LogP contribution in [0.2, 0.25) is 0 Å². The van der Waals surface area contributed by atoms with Gasteiger partial charge in [-0.25, -0.2) is 4.79 Å². The van der Waals surface area contributed by atoms with Gasteiger partial charge in [0.2, 0.25) is 0 Å². The SMILES string of the molecule is C#C[C@]1(CO[P+](=O)N(Oc2ccccc2)C(C)C(=O)OCc2ccccc2)O[C@@H](n2ccc(=O)[nH]c2=O)[C@H](O)[C@@H]1O. The van der Waals surface area contributed by atoms with Crippen molar-refractivity contribution in [3.8, 4) is 18.1 Å².